The molecule has 0 aliphatic carbocycles. The van der Waals surface area contributed by atoms with E-state index >= 15 is 0 Å². The Morgan fingerprint density at radius 2 is 2.00 bits per heavy atom. The van der Waals surface area contributed by atoms with E-state index in [0.717, 1.165) is 33.9 Å². The number of aromatic amines is 1. The molecule has 0 saturated carbocycles. The van der Waals surface area contributed by atoms with Crippen molar-refractivity contribution >= 4 is 45.7 Å². The van der Waals surface area contributed by atoms with E-state index < -0.39 is 12.1 Å². The highest BCUT2D eigenvalue weighted by Gasteiger charge is 2.43. The highest BCUT2D eigenvalue weighted by atomic mass is 35.5. The topological polar surface area (TPSA) is 68.4 Å². The van der Waals surface area contributed by atoms with E-state index in [1.54, 1.807) is 16.2 Å². The van der Waals surface area contributed by atoms with Gasteiger partial charge in [-0.25, -0.2) is 0 Å². The molecule has 6 nitrogen and oxygen atoms in total. The number of thiophene rings is 1. The lowest BCUT2D eigenvalue weighted by Gasteiger charge is -2.45. The highest BCUT2D eigenvalue weighted by Crippen LogP contribution is 2.26. The van der Waals surface area contributed by atoms with Crippen molar-refractivity contribution in [1.82, 2.24) is 20.1 Å². The molecule has 0 unspecified atom stereocenters. The van der Waals surface area contributed by atoms with Crippen LogP contribution in [0.5, 0.6) is 0 Å². The van der Waals surface area contributed by atoms with Crippen LogP contribution in [0.3, 0.4) is 0 Å². The fourth-order valence-corrected chi connectivity index (χ4v) is 5.45. The van der Waals surface area contributed by atoms with Crippen molar-refractivity contribution in [2.75, 3.05) is 19.6 Å². The molecule has 3 aromatic rings. The van der Waals surface area contributed by atoms with Crippen LogP contribution in [0.4, 0.5) is 0 Å². The van der Waals surface area contributed by atoms with Crippen molar-refractivity contribution in [3.05, 3.63) is 57.4 Å². The second-order valence-corrected chi connectivity index (χ2v) is 9.41. The van der Waals surface area contributed by atoms with Gasteiger partial charge in [0.15, 0.2) is 0 Å². The predicted molar refractivity (Wildman–Crippen MR) is 114 cm³/mol. The zero-order valence-corrected chi connectivity index (χ0v) is 17.3. The van der Waals surface area contributed by atoms with Gasteiger partial charge < -0.3 is 15.2 Å². The van der Waals surface area contributed by atoms with E-state index in [2.05, 4.69) is 15.2 Å². The molecular weight excluding hydrogens is 408 g/mol. The third kappa shape index (κ3) is 3.54. The molecule has 2 atom stereocenters. The zero-order valence-electron chi connectivity index (χ0n) is 15.7. The maximum Gasteiger partial charge on any atom is 0.246 e. The number of para-hydroxylation sites is 1. The van der Waals surface area contributed by atoms with Crippen LogP contribution in [-0.2, 0) is 22.6 Å². The molecule has 29 heavy (non-hydrogen) atoms. The van der Waals surface area contributed by atoms with Gasteiger partial charge in [0.2, 0.25) is 11.8 Å². The molecule has 2 amide bonds. The lowest BCUT2D eigenvalue weighted by atomic mass is 9.98. The van der Waals surface area contributed by atoms with Gasteiger partial charge in [0.05, 0.1) is 4.34 Å². The van der Waals surface area contributed by atoms with Crippen LogP contribution in [0.25, 0.3) is 10.9 Å². The molecule has 2 aliphatic heterocycles. The van der Waals surface area contributed by atoms with E-state index in [1.165, 1.54) is 4.88 Å². The number of aromatic nitrogens is 1. The molecule has 4 heterocycles. The molecule has 0 spiro atoms. The number of nitrogens with one attached hydrogen (secondary N) is 2. The number of rotatable bonds is 4. The number of piperazine rings is 2. The van der Waals surface area contributed by atoms with Crippen molar-refractivity contribution < 1.29 is 9.59 Å². The Labute approximate surface area is 177 Å². The Kier molecular flexibility index (Phi) is 4.81. The second kappa shape index (κ2) is 7.48. The quantitative estimate of drug-likeness (QED) is 0.671. The van der Waals surface area contributed by atoms with Gasteiger partial charge in [-0.2, -0.15) is 0 Å². The van der Waals surface area contributed by atoms with Crippen LogP contribution in [-0.4, -0.2) is 58.3 Å². The molecule has 5 rings (SSSR count). The summed E-state index contributed by atoms with van der Waals surface area (Å²) in [7, 11) is 0. The number of nitrogens with zero attached hydrogens (tertiary/aromatic N) is 2. The Hall–Kier alpha value is -2.35. The van der Waals surface area contributed by atoms with Crippen LogP contribution in [0.15, 0.2) is 42.6 Å². The van der Waals surface area contributed by atoms with Gasteiger partial charge in [0, 0.05) is 54.6 Å². The third-order valence-electron chi connectivity index (χ3n) is 5.77. The summed E-state index contributed by atoms with van der Waals surface area (Å²) in [6, 6.07) is 11.0. The molecule has 2 fully saturated rings. The van der Waals surface area contributed by atoms with Crippen LogP contribution < -0.4 is 5.32 Å². The number of H-pyrrole nitrogens is 1. The van der Waals surface area contributed by atoms with Gasteiger partial charge in [0.25, 0.3) is 0 Å². The summed E-state index contributed by atoms with van der Waals surface area (Å²) < 4.78 is 0.768. The van der Waals surface area contributed by atoms with Gasteiger partial charge in [0.1, 0.15) is 12.1 Å². The predicted octanol–water partition coefficient (Wildman–Crippen LogP) is 2.64. The van der Waals surface area contributed by atoms with Gasteiger partial charge in [-0.15, -0.1) is 11.3 Å². The number of fused-ring (bicyclic) bond motifs is 2. The number of carbonyl (C=O) groups excluding carboxylic acids is 2. The van der Waals surface area contributed by atoms with Crippen molar-refractivity contribution in [3.63, 3.8) is 0 Å². The Morgan fingerprint density at radius 1 is 1.14 bits per heavy atom. The first-order chi connectivity index (χ1) is 14.1. The summed E-state index contributed by atoms with van der Waals surface area (Å²) >= 11 is 7.58. The SMILES string of the molecule is O=C1N[C@@H](Cc2c[nH]c3ccccc23)C(=O)N2CCN(Cc3ccc(Cl)s3)C[C@H]12. The van der Waals surface area contributed by atoms with Gasteiger partial charge >= 0.3 is 0 Å². The Morgan fingerprint density at radius 3 is 2.83 bits per heavy atom. The molecule has 2 saturated heterocycles. The summed E-state index contributed by atoms with van der Waals surface area (Å²) in [6.07, 6.45) is 2.43. The third-order valence-corrected chi connectivity index (χ3v) is 6.99. The van der Waals surface area contributed by atoms with Gasteiger partial charge in [-0.3, -0.25) is 14.5 Å². The van der Waals surface area contributed by atoms with E-state index in [0.29, 0.717) is 19.5 Å². The van der Waals surface area contributed by atoms with Gasteiger partial charge in [-0.1, -0.05) is 29.8 Å². The van der Waals surface area contributed by atoms with Gasteiger partial charge in [-0.05, 0) is 23.8 Å². The van der Waals surface area contributed by atoms with Crippen molar-refractivity contribution in [2.45, 2.75) is 25.0 Å². The number of hydrogen-bond donors (Lipinski definition) is 2. The van der Waals surface area contributed by atoms with Crippen LogP contribution in [0.2, 0.25) is 4.34 Å². The largest absolute Gasteiger partial charge is 0.361 e. The minimum Gasteiger partial charge on any atom is -0.361 e. The molecule has 150 valence electrons. The van der Waals surface area contributed by atoms with Crippen molar-refractivity contribution in [1.29, 1.82) is 0 Å². The average molecular weight is 429 g/mol. The summed E-state index contributed by atoms with van der Waals surface area (Å²) in [4.78, 5) is 34.3. The lowest BCUT2D eigenvalue weighted by Crippen LogP contribution is -2.69. The first kappa shape index (κ1) is 18.7. The van der Waals surface area contributed by atoms with Crippen LogP contribution >= 0.6 is 22.9 Å². The maximum atomic E-state index is 13.1. The fourth-order valence-electron chi connectivity index (χ4n) is 4.32. The van der Waals surface area contributed by atoms with Crippen molar-refractivity contribution in [3.8, 4) is 0 Å². The molecule has 2 aliphatic rings. The zero-order chi connectivity index (χ0) is 20.0. The minimum absolute atomic E-state index is 0.0127. The van der Waals surface area contributed by atoms with Crippen LogP contribution in [0.1, 0.15) is 10.4 Å². The van der Waals surface area contributed by atoms with Crippen molar-refractivity contribution in [2.24, 2.45) is 0 Å². The lowest BCUT2D eigenvalue weighted by molar-refractivity contribution is -0.153. The summed E-state index contributed by atoms with van der Waals surface area (Å²) in [5.41, 5.74) is 2.09. The summed E-state index contributed by atoms with van der Waals surface area (Å²) in [5, 5.41) is 4.06. The van der Waals surface area contributed by atoms with E-state index in [9.17, 15) is 9.59 Å². The maximum absolute atomic E-state index is 13.1. The molecule has 0 bridgehead atoms. The number of amides is 2. The number of halogens is 1. The molecule has 1 aromatic carbocycles. The number of hydrogen-bond acceptors (Lipinski definition) is 4. The second-order valence-electron chi connectivity index (χ2n) is 7.61. The standard InChI is InChI=1S/C21H21ClN4O2S/c22-19-6-5-14(29-19)11-25-7-8-26-18(12-25)20(27)24-17(21(26)28)9-13-10-23-16-4-2-1-3-15(13)16/h1-6,10,17-18,23H,7-9,11-12H2,(H,24,27)/t17-,18+/m0/s1. The number of benzene rings is 1. The molecule has 8 heteroatoms. The monoisotopic (exact) mass is 428 g/mol. The normalized spacial score (nSPS) is 22.7. The molecular formula is C21H21ClN4O2S. The summed E-state index contributed by atoms with van der Waals surface area (Å²) in [6.45, 7) is 2.63. The summed E-state index contributed by atoms with van der Waals surface area (Å²) in [5.74, 6) is -0.0537. The van der Waals surface area contributed by atoms with E-state index in [4.69, 9.17) is 11.6 Å². The number of carbonyl (C=O) groups is 2. The van der Waals surface area contributed by atoms with E-state index in [-0.39, 0.29) is 11.8 Å². The fraction of sp³-hybridized carbons (Fsp3) is 0.333. The molecule has 0 radical (unpaired) electrons. The average Bonchev–Trinajstić information content (AvgIpc) is 3.32. The minimum atomic E-state index is -0.513. The van der Waals surface area contributed by atoms with Crippen LogP contribution in [0, 0.1) is 0 Å². The Balaban J connectivity index is 1.29. The first-order valence-corrected chi connectivity index (χ1v) is 10.9. The smallest absolute Gasteiger partial charge is 0.246 e. The Bertz CT molecular complexity index is 1080. The van der Waals surface area contributed by atoms with E-state index in [1.807, 2.05) is 42.6 Å². The first-order valence-electron chi connectivity index (χ1n) is 9.71. The molecule has 2 aromatic heterocycles. The molecule has 2 N–H and O–H groups in total. The highest BCUT2D eigenvalue weighted by molar-refractivity contribution is 7.16.